The van der Waals surface area contributed by atoms with Crippen LogP contribution in [0, 0.1) is 0 Å². The summed E-state index contributed by atoms with van der Waals surface area (Å²) in [5.74, 6) is 0.153. The van der Waals surface area contributed by atoms with Gasteiger partial charge in [-0.1, -0.05) is 31.5 Å². The van der Waals surface area contributed by atoms with Gasteiger partial charge in [-0.25, -0.2) is 0 Å². The van der Waals surface area contributed by atoms with Gasteiger partial charge in [0.25, 0.3) is 0 Å². The van der Waals surface area contributed by atoms with Crippen molar-refractivity contribution in [3.63, 3.8) is 0 Å². The van der Waals surface area contributed by atoms with Crippen LogP contribution in [-0.4, -0.2) is 33.5 Å². The van der Waals surface area contributed by atoms with Gasteiger partial charge in [0.15, 0.2) is 0 Å². The van der Waals surface area contributed by atoms with Crippen LogP contribution >= 0.6 is 0 Å². The minimum Gasteiger partial charge on any atom is -0.394 e. The zero-order valence-electron chi connectivity index (χ0n) is 12.4. The molecule has 0 fully saturated rings. The number of rotatable bonds is 4. The topological polar surface area (TPSA) is 56.3 Å². The number of unbranched alkanes of at least 4 members (excludes halogenated alkanes) is 1. The summed E-state index contributed by atoms with van der Waals surface area (Å²) >= 11 is 0. The number of para-hydroxylation sites is 1. The van der Waals surface area contributed by atoms with Gasteiger partial charge < -0.3 is 15.0 Å². The van der Waals surface area contributed by atoms with Gasteiger partial charge in [-0.05, 0) is 24.5 Å². The molecule has 2 N–H and O–H groups in total. The number of nitrogens with one attached hydrogen (secondary N) is 1. The number of fused-ring (bicyclic) bond motifs is 3. The summed E-state index contributed by atoms with van der Waals surface area (Å²) in [6.45, 7) is 2.69. The summed E-state index contributed by atoms with van der Waals surface area (Å²) in [5, 5.41) is 10.9. The zero-order valence-corrected chi connectivity index (χ0v) is 12.4. The van der Waals surface area contributed by atoms with Crippen LogP contribution in [0.2, 0.25) is 0 Å². The van der Waals surface area contributed by atoms with E-state index in [-0.39, 0.29) is 18.6 Å². The van der Waals surface area contributed by atoms with E-state index in [0.29, 0.717) is 13.0 Å². The lowest BCUT2D eigenvalue weighted by Crippen LogP contribution is -2.46. The number of aromatic amines is 1. The van der Waals surface area contributed by atoms with Gasteiger partial charge in [0, 0.05) is 23.0 Å². The average molecular weight is 286 g/mol. The Morgan fingerprint density at radius 1 is 1.43 bits per heavy atom. The van der Waals surface area contributed by atoms with Crippen molar-refractivity contribution in [3.8, 4) is 0 Å². The van der Waals surface area contributed by atoms with Gasteiger partial charge in [-0.3, -0.25) is 4.79 Å². The molecule has 1 aliphatic rings. The highest BCUT2D eigenvalue weighted by Gasteiger charge is 2.30. The third kappa shape index (κ3) is 2.56. The highest BCUT2D eigenvalue weighted by Crippen LogP contribution is 2.30. The molecule has 21 heavy (non-hydrogen) atoms. The Morgan fingerprint density at radius 2 is 2.24 bits per heavy atom. The molecule has 4 heteroatoms. The molecule has 112 valence electrons. The number of carbonyl (C=O) groups excluding carboxylic acids is 1. The molecule has 1 atom stereocenters. The van der Waals surface area contributed by atoms with Gasteiger partial charge in [0.1, 0.15) is 0 Å². The number of hydrogen-bond acceptors (Lipinski definition) is 2. The van der Waals surface area contributed by atoms with Crippen molar-refractivity contribution < 1.29 is 9.90 Å². The van der Waals surface area contributed by atoms with E-state index in [2.05, 4.69) is 24.0 Å². The van der Waals surface area contributed by atoms with Gasteiger partial charge in [0.2, 0.25) is 5.91 Å². The molecule has 2 aromatic rings. The van der Waals surface area contributed by atoms with E-state index in [1.807, 2.05) is 17.0 Å². The predicted molar refractivity (Wildman–Crippen MR) is 83.0 cm³/mol. The SMILES string of the molecule is CCCCC(=O)N1Cc2[nH]c3ccccc3c2CC1CO. The van der Waals surface area contributed by atoms with Crippen molar-refractivity contribution >= 4 is 16.8 Å². The lowest BCUT2D eigenvalue weighted by atomic mass is 9.96. The lowest BCUT2D eigenvalue weighted by molar-refractivity contribution is -0.135. The zero-order chi connectivity index (χ0) is 14.8. The van der Waals surface area contributed by atoms with Crippen LogP contribution in [0.5, 0.6) is 0 Å². The average Bonchev–Trinajstić information content (AvgIpc) is 2.88. The van der Waals surface area contributed by atoms with E-state index in [0.717, 1.165) is 30.5 Å². The van der Waals surface area contributed by atoms with Crippen LogP contribution < -0.4 is 0 Å². The minimum atomic E-state index is -0.0962. The van der Waals surface area contributed by atoms with Crippen molar-refractivity contribution in [1.82, 2.24) is 9.88 Å². The molecule has 0 radical (unpaired) electrons. The number of hydrogen-bond donors (Lipinski definition) is 2. The van der Waals surface area contributed by atoms with Crippen molar-refractivity contribution in [2.45, 2.75) is 45.2 Å². The monoisotopic (exact) mass is 286 g/mol. The van der Waals surface area contributed by atoms with E-state index < -0.39 is 0 Å². The summed E-state index contributed by atoms with van der Waals surface area (Å²) in [5.41, 5.74) is 3.48. The summed E-state index contributed by atoms with van der Waals surface area (Å²) in [6.07, 6.45) is 3.23. The van der Waals surface area contributed by atoms with Gasteiger partial charge >= 0.3 is 0 Å². The highest BCUT2D eigenvalue weighted by atomic mass is 16.3. The Hall–Kier alpha value is -1.81. The number of nitrogens with zero attached hydrogens (tertiary/aromatic N) is 1. The Kier molecular flexibility index (Phi) is 3.97. The molecule has 1 aromatic carbocycles. The third-order valence-electron chi connectivity index (χ3n) is 4.39. The standard InChI is InChI=1S/C17H22N2O2/c1-2-3-8-17(21)19-10-16-14(9-12(19)11-20)13-6-4-5-7-15(13)18-16/h4-7,12,18,20H,2-3,8-11H2,1H3. The lowest BCUT2D eigenvalue weighted by Gasteiger charge is -2.34. The van der Waals surface area contributed by atoms with E-state index in [1.54, 1.807) is 0 Å². The molecule has 0 saturated carbocycles. The van der Waals surface area contributed by atoms with Crippen LogP contribution in [-0.2, 0) is 17.8 Å². The molecule has 0 spiro atoms. The summed E-state index contributed by atoms with van der Waals surface area (Å²) in [4.78, 5) is 17.6. The van der Waals surface area contributed by atoms with Crippen molar-refractivity contribution in [2.24, 2.45) is 0 Å². The number of aliphatic hydroxyl groups is 1. The number of benzene rings is 1. The fourth-order valence-electron chi connectivity index (χ4n) is 3.20. The molecule has 0 aliphatic carbocycles. The first-order valence-electron chi connectivity index (χ1n) is 7.73. The smallest absolute Gasteiger partial charge is 0.223 e. The Morgan fingerprint density at radius 3 is 3.00 bits per heavy atom. The Labute approximate surface area is 124 Å². The quantitative estimate of drug-likeness (QED) is 0.907. The number of amides is 1. The number of H-pyrrole nitrogens is 1. The first-order valence-corrected chi connectivity index (χ1v) is 7.73. The second kappa shape index (κ2) is 5.90. The molecule has 1 aliphatic heterocycles. The van der Waals surface area contributed by atoms with Crippen LogP contribution in [0.25, 0.3) is 10.9 Å². The van der Waals surface area contributed by atoms with E-state index in [4.69, 9.17) is 0 Å². The summed E-state index contributed by atoms with van der Waals surface area (Å²) < 4.78 is 0. The Balaban J connectivity index is 1.91. The van der Waals surface area contributed by atoms with Crippen LogP contribution in [0.3, 0.4) is 0 Å². The van der Waals surface area contributed by atoms with Crippen molar-refractivity contribution in [3.05, 3.63) is 35.5 Å². The molecular weight excluding hydrogens is 264 g/mol. The van der Waals surface area contributed by atoms with E-state index >= 15 is 0 Å². The predicted octanol–water partition coefficient (Wildman–Crippen LogP) is 2.60. The van der Waals surface area contributed by atoms with Crippen molar-refractivity contribution in [1.29, 1.82) is 0 Å². The molecule has 0 bridgehead atoms. The van der Waals surface area contributed by atoms with Crippen LogP contribution in [0.4, 0.5) is 0 Å². The Bertz CT molecular complexity index is 647. The fourth-order valence-corrected chi connectivity index (χ4v) is 3.20. The normalized spacial score (nSPS) is 18.0. The minimum absolute atomic E-state index is 0.0246. The molecular formula is C17H22N2O2. The maximum absolute atomic E-state index is 12.4. The van der Waals surface area contributed by atoms with Gasteiger partial charge in [0.05, 0.1) is 19.2 Å². The molecule has 2 heterocycles. The van der Waals surface area contributed by atoms with E-state index in [9.17, 15) is 9.90 Å². The number of aromatic nitrogens is 1. The van der Waals surface area contributed by atoms with Crippen LogP contribution in [0.1, 0.15) is 37.4 Å². The molecule has 0 saturated heterocycles. The van der Waals surface area contributed by atoms with E-state index in [1.165, 1.54) is 10.9 Å². The number of aliphatic hydroxyl groups excluding tert-OH is 1. The third-order valence-corrected chi connectivity index (χ3v) is 4.39. The van der Waals surface area contributed by atoms with Gasteiger partial charge in [-0.2, -0.15) is 0 Å². The maximum Gasteiger partial charge on any atom is 0.223 e. The first-order chi connectivity index (χ1) is 10.2. The van der Waals surface area contributed by atoms with Crippen molar-refractivity contribution in [2.75, 3.05) is 6.61 Å². The molecule has 4 nitrogen and oxygen atoms in total. The highest BCUT2D eigenvalue weighted by molar-refractivity contribution is 5.86. The van der Waals surface area contributed by atoms with Gasteiger partial charge in [-0.15, -0.1) is 0 Å². The summed E-state index contributed by atoms with van der Waals surface area (Å²) in [6, 6.07) is 8.11. The second-order valence-corrected chi connectivity index (χ2v) is 5.79. The van der Waals surface area contributed by atoms with Crippen LogP contribution in [0.15, 0.2) is 24.3 Å². The molecule has 1 amide bonds. The molecule has 1 aromatic heterocycles. The second-order valence-electron chi connectivity index (χ2n) is 5.79. The summed E-state index contributed by atoms with van der Waals surface area (Å²) in [7, 11) is 0. The largest absolute Gasteiger partial charge is 0.394 e. The maximum atomic E-state index is 12.4. The molecule has 3 rings (SSSR count). The fraction of sp³-hybridized carbons (Fsp3) is 0.471. The number of carbonyl (C=O) groups is 1. The first kappa shape index (κ1) is 14.1. The molecule has 1 unspecified atom stereocenters.